The zero-order valence-corrected chi connectivity index (χ0v) is 10.8. The summed E-state index contributed by atoms with van der Waals surface area (Å²) in [5, 5.41) is 0. The average molecular weight is 222 g/mol. The van der Waals surface area contributed by atoms with Crippen LogP contribution in [-0.2, 0) is 0 Å². The van der Waals surface area contributed by atoms with E-state index < -0.39 is 6.98 Å². The summed E-state index contributed by atoms with van der Waals surface area (Å²) >= 11 is 5.30. The predicted molar refractivity (Wildman–Crippen MR) is 41.4 cm³/mol. The van der Waals surface area contributed by atoms with E-state index in [1.165, 1.54) is 5.82 Å². The molecule has 0 fully saturated rings. The SMILES string of the molecule is F[B-](F)(F)C#CCCCCCl.[K+]. The van der Waals surface area contributed by atoms with Gasteiger partial charge >= 0.3 is 58.4 Å². The molecule has 0 spiro atoms. The van der Waals surface area contributed by atoms with Crippen LogP contribution in [0.2, 0.25) is 0 Å². The Bertz CT molecular complexity index is 160. The van der Waals surface area contributed by atoms with Crippen molar-refractivity contribution in [1.82, 2.24) is 0 Å². The maximum atomic E-state index is 11.4. The Hall–Kier alpha value is 1.34. The second-order valence-electron chi connectivity index (χ2n) is 2.04. The standard InChI is InChI=1S/C6H8BClF3.K/c8-6-4-2-1-3-5-7(9,10)11;/h1-2,4,6H2;/q-1;+1. The van der Waals surface area contributed by atoms with Crippen molar-refractivity contribution in [2.24, 2.45) is 0 Å². The van der Waals surface area contributed by atoms with Gasteiger partial charge in [-0.25, -0.2) is 5.82 Å². The van der Waals surface area contributed by atoms with Crippen LogP contribution in [0.4, 0.5) is 12.9 Å². The smallest absolute Gasteiger partial charge is 0.438 e. The Labute approximate surface area is 118 Å². The van der Waals surface area contributed by atoms with Gasteiger partial charge in [0.15, 0.2) is 0 Å². The van der Waals surface area contributed by atoms with E-state index in [1.54, 1.807) is 0 Å². The summed E-state index contributed by atoms with van der Waals surface area (Å²) in [5.41, 5.74) is 0. The van der Waals surface area contributed by atoms with Gasteiger partial charge in [-0.3, -0.25) is 0 Å². The largest absolute Gasteiger partial charge is 1.00 e. The number of hydrogen-bond donors (Lipinski definition) is 0. The van der Waals surface area contributed by atoms with Crippen LogP contribution in [0.3, 0.4) is 0 Å². The molecule has 12 heavy (non-hydrogen) atoms. The molecule has 0 radical (unpaired) electrons. The predicted octanol–water partition coefficient (Wildman–Crippen LogP) is -0.210. The van der Waals surface area contributed by atoms with Crippen LogP contribution in [0.15, 0.2) is 0 Å². The molecule has 0 saturated carbocycles. The Morgan fingerprint density at radius 2 is 1.75 bits per heavy atom. The fourth-order valence-corrected chi connectivity index (χ4v) is 0.685. The summed E-state index contributed by atoms with van der Waals surface area (Å²) in [6.45, 7) is -4.92. The Morgan fingerprint density at radius 3 is 2.17 bits per heavy atom. The molecule has 0 amide bonds. The van der Waals surface area contributed by atoms with Gasteiger partial charge in [-0.2, -0.15) is 0 Å². The minimum Gasteiger partial charge on any atom is -0.438 e. The molecule has 0 unspecified atom stereocenters. The first-order valence-corrected chi connectivity index (χ1v) is 3.85. The van der Waals surface area contributed by atoms with Gasteiger partial charge in [0.25, 0.3) is 0 Å². The third kappa shape index (κ3) is 13.9. The number of unbranched alkanes of at least 4 members (excludes halogenated alkanes) is 2. The maximum Gasteiger partial charge on any atom is 1.00 e. The minimum absolute atomic E-state index is 0. The molecule has 64 valence electrons. The van der Waals surface area contributed by atoms with Gasteiger partial charge < -0.3 is 12.9 Å². The second-order valence-corrected chi connectivity index (χ2v) is 2.42. The molecule has 0 aliphatic rings. The van der Waals surface area contributed by atoms with Crippen molar-refractivity contribution in [1.29, 1.82) is 0 Å². The van der Waals surface area contributed by atoms with Crippen LogP contribution in [0.5, 0.6) is 0 Å². The summed E-state index contributed by atoms with van der Waals surface area (Å²) in [7, 11) is 0. The van der Waals surface area contributed by atoms with Crippen molar-refractivity contribution in [2.45, 2.75) is 19.3 Å². The van der Waals surface area contributed by atoms with E-state index >= 15 is 0 Å². The van der Waals surface area contributed by atoms with E-state index in [1.807, 2.05) is 0 Å². The van der Waals surface area contributed by atoms with E-state index in [2.05, 4.69) is 5.92 Å². The summed E-state index contributed by atoms with van der Waals surface area (Å²) in [6, 6.07) is 0. The molecule has 0 saturated heterocycles. The summed E-state index contributed by atoms with van der Waals surface area (Å²) in [5.74, 6) is 3.79. The van der Waals surface area contributed by atoms with Crippen LogP contribution in [0.1, 0.15) is 19.3 Å². The third-order valence-corrected chi connectivity index (χ3v) is 1.22. The van der Waals surface area contributed by atoms with Crippen molar-refractivity contribution in [3.8, 4) is 11.7 Å². The topological polar surface area (TPSA) is 0 Å². The van der Waals surface area contributed by atoms with E-state index in [4.69, 9.17) is 11.6 Å². The molecule has 0 aliphatic heterocycles. The molecular formula is C6H8BClF3K. The van der Waals surface area contributed by atoms with Crippen molar-refractivity contribution < 1.29 is 64.3 Å². The first-order chi connectivity index (χ1) is 5.06. The number of alkyl halides is 1. The third-order valence-electron chi connectivity index (χ3n) is 0.951. The average Bonchev–Trinajstić information content (AvgIpc) is 1.85. The molecule has 0 aliphatic carbocycles. The zero-order valence-electron chi connectivity index (χ0n) is 6.92. The molecule has 0 heterocycles. The van der Waals surface area contributed by atoms with Crippen molar-refractivity contribution >= 4 is 18.6 Å². The molecule has 0 atom stereocenters. The quantitative estimate of drug-likeness (QED) is 0.268. The van der Waals surface area contributed by atoms with Gasteiger partial charge in [0, 0.05) is 12.3 Å². The summed E-state index contributed by atoms with van der Waals surface area (Å²) in [6.07, 6.45) is 1.65. The van der Waals surface area contributed by atoms with E-state index in [9.17, 15) is 12.9 Å². The normalized spacial score (nSPS) is 9.67. The first-order valence-electron chi connectivity index (χ1n) is 3.31. The van der Waals surface area contributed by atoms with Crippen LogP contribution in [0.25, 0.3) is 0 Å². The zero-order chi connectivity index (χ0) is 8.74. The summed E-state index contributed by atoms with van der Waals surface area (Å²) in [4.78, 5) is 0. The Kier molecular flexibility index (Phi) is 11.7. The molecule has 0 bridgehead atoms. The Morgan fingerprint density at radius 1 is 1.17 bits per heavy atom. The van der Waals surface area contributed by atoms with Crippen LogP contribution >= 0.6 is 11.6 Å². The molecular weight excluding hydrogens is 214 g/mol. The molecule has 0 rings (SSSR count). The van der Waals surface area contributed by atoms with Gasteiger partial charge in [0.1, 0.15) is 0 Å². The van der Waals surface area contributed by atoms with Gasteiger partial charge in [0.2, 0.25) is 0 Å². The van der Waals surface area contributed by atoms with Crippen LogP contribution in [0, 0.1) is 11.7 Å². The van der Waals surface area contributed by atoms with E-state index in [0.29, 0.717) is 12.3 Å². The van der Waals surface area contributed by atoms with Gasteiger partial charge in [-0.05, 0) is 12.8 Å². The monoisotopic (exact) mass is 222 g/mol. The minimum atomic E-state index is -4.92. The van der Waals surface area contributed by atoms with Gasteiger partial charge in [-0.1, -0.05) is 0 Å². The fraction of sp³-hybridized carbons (Fsp3) is 0.667. The van der Waals surface area contributed by atoms with E-state index in [0.717, 1.165) is 6.42 Å². The van der Waals surface area contributed by atoms with Crippen molar-refractivity contribution in [3.05, 3.63) is 0 Å². The van der Waals surface area contributed by atoms with Gasteiger partial charge in [-0.15, -0.1) is 17.5 Å². The van der Waals surface area contributed by atoms with Crippen molar-refractivity contribution in [2.75, 3.05) is 5.88 Å². The summed E-state index contributed by atoms with van der Waals surface area (Å²) < 4.78 is 34.3. The molecule has 0 N–H and O–H groups in total. The van der Waals surface area contributed by atoms with E-state index in [-0.39, 0.29) is 57.8 Å². The van der Waals surface area contributed by atoms with Gasteiger partial charge in [0.05, 0.1) is 0 Å². The first kappa shape index (κ1) is 15.8. The Balaban J connectivity index is 0. The molecule has 0 aromatic heterocycles. The van der Waals surface area contributed by atoms with Crippen LogP contribution < -0.4 is 51.4 Å². The molecule has 0 aromatic rings. The molecule has 0 aromatic carbocycles. The number of rotatable bonds is 3. The number of halogens is 4. The molecule has 0 nitrogen and oxygen atoms in total. The van der Waals surface area contributed by atoms with Crippen LogP contribution in [-0.4, -0.2) is 12.9 Å². The molecule has 6 heteroatoms. The fourth-order valence-electron chi connectivity index (χ4n) is 0.496. The maximum absolute atomic E-state index is 11.4. The second kappa shape index (κ2) is 8.92. The number of hydrogen-bond acceptors (Lipinski definition) is 0. The van der Waals surface area contributed by atoms with Crippen molar-refractivity contribution in [3.63, 3.8) is 0 Å².